The fourth-order valence-corrected chi connectivity index (χ4v) is 8.32. The summed E-state index contributed by atoms with van der Waals surface area (Å²) in [5, 5.41) is 28.7. The third-order valence-electron chi connectivity index (χ3n) is 10.4. The van der Waals surface area contributed by atoms with Crippen LogP contribution in [-0.4, -0.2) is 125 Å². The molecule has 0 bridgehead atoms. The van der Waals surface area contributed by atoms with Gasteiger partial charge in [-0.25, -0.2) is 0 Å². The zero-order valence-electron chi connectivity index (χ0n) is 39.0. The summed E-state index contributed by atoms with van der Waals surface area (Å²) in [7, 11) is 0. The number of imide groups is 1. The number of amides is 5. The van der Waals surface area contributed by atoms with Crippen LogP contribution in [0.1, 0.15) is 97.3 Å². The Labute approximate surface area is 397 Å². The number of hydrogen-bond donors (Lipinski definition) is 6. The second kappa shape index (κ2) is 30.0. The minimum atomic E-state index is -0.0604. The number of benzene rings is 2. The van der Waals surface area contributed by atoms with Gasteiger partial charge in [-0.3, -0.25) is 44.7 Å². The van der Waals surface area contributed by atoms with Gasteiger partial charge in [-0.05, 0) is 83.3 Å². The van der Waals surface area contributed by atoms with Gasteiger partial charge in [0.2, 0.25) is 24.6 Å². The lowest BCUT2D eigenvalue weighted by Gasteiger charge is -2.23. The molecule has 1 atom stereocenters. The molecule has 0 spiro atoms. The Bertz CT molecular complexity index is 2110. The number of nitrogens with zero attached hydrogens (tertiary/aromatic N) is 3. The first kappa shape index (κ1) is 55.0. The highest BCUT2D eigenvalue weighted by Gasteiger charge is 2.32. The third-order valence-corrected chi connectivity index (χ3v) is 11.8. The van der Waals surface area contributed by atoms with Crippen LogP contribution < -0.4 is 26.2 Å². The largest absolute Gasteiger partial charge is 0.378 e. The van der Waals surface area contributed by atoms with Crippen LogP contribution in [0, 0.1) is 24.7 Å². The Morgan fingerprint density at radius 1 is 0.939 bits per heavy atom. The fourth-order valence-electron chi connectivity index (χ4n) is 6.96. The number of rotatable bonds is 24. The number of anilines is 2. The van der Waals surface area contributed by atoms with Crippen LogP contribution >= 0.6 is 22.9 Å². The fraction of sp³-hybridized carbons (Fsp3) is 0.489. The second-order valence-corrected chi connectivity index (χ2v) is 17.0. The molecule has 66 heavy (non-hydrogen) atoms. The maximum Gasteiger partial charge on any atom is 0.254 e. The van der Waals surface area contributed by atoms with E-state index in [1.165, 1.54) is 11.8 Å². The maximum atomic E-state index is 12.8. The summed E-state index contributed by atoms with van der Waals surface area (Å²) in [6, 6.07) is 13.4. The van der Waals surface area contributed by atoms with E-state index in [-0.39, 0.29) is 30.3 Å². The minimum absolute atomic E-state index is 0.0210. The van der Waals surface area contributed by atoms with Crippen LogP contribution in [0.2, 0.25) is 5.02 Å². The number of carbonyl (C=O) groups is 5. The van der Waals surface area contributed by atoms with Gasteiger partial charge in [0.15, 0.2) is 0 Å². The number of aryl methyl sites for hydroxylation is 1. The molecule has 0 saturated heterocycles. The second-order valence-electron chi connectivity index (χ2n) is 15.4. The molecule has 0 fully saturated rings. The zero-order chi connectivity index (χ0) is 48.4. The van der Waals surface area contributed by atoms with Crippen LogP contribution in [0.5, 0.6) is 0 Å². The van der Waals surface area contributed by atoms with Crippen molar-refractivity contribution in [1.82, 2.24) is 20.9 Å². The Morgan fingerprint density at radius 2 is 1.59 bits per heavy atom. The van der Waals surface area contributed by atoms with Crippen molar-refractivity contribution in [3.8, 4) is 0 Å². The molecule has 2 aromatic carbocycles. The Balaban J connectivity index is 0.000000347. The number of ether oxygens (including phenoxy) is 3. The standard InChI is InChI=1S/C28H46N4O6.C17H17ClN4S.C2H3NO2/c1-4-8-22(2)32-21-25-24(28(32)35)9-7-10-26(25)31-27(34)11-5-6-12-29-13-15-36-17-19-38-20-18-37-16-14-30-23(3)33;1-9-10(2)23-17-15(9)16(12-4-6-13(18)7-5-12)21-8-14(20)22(17)11(3)19;4-1-3-2-5/h7,9-10,22,29H,4-6,8,11-21H2,1-3H3,(H,30,33)(H,31,34);4-7,19-20H,8H2,1-3H3;1-2H,(H,3,4,5). The van der Waals surface area contributed by atoms with Crippen LogP contribution in [-0.2, 0) is 39.9 Å². The smallest absolute Gasteiger partial charge is 0.254 e. The summed E-state index contributed by atoms with van der Waals surface area (Å²) < 4.78 is 16.3. The number of halogens is 1. The molecule has 19 heteroatoms. The number of aliphatic imine (C=N–C) groups is 1. The number of fused-ring (bicyclic) bond motifs is 2. The molecule has 0 radical (unpaired) electrons. The van der Waals surface area contributed by atoms with Gasteiger partial charge in [0, 0.05) is 76.9 Å². The van der Waals surface area contributed by atoms with E-state index >= 15 is 0 Å². The molecule has 1 aromatic heterocycles. The number of amidine groups is 2. The SMILES string of the molecule is CC(=N)N1C(=N)CN=C(c2ccc(Cl)cc2)c2c1sc(C)c2C.CCCC(C)N1Cc2c(NC(=O)CCCCNCCOCCOCCOCCNC(C)=O)cccc2C1=O.O=CNC=O. The molecular formula is C47H66ClN9O8S. The van der Waals surface area contributed by atoms with E-state index in [0.29, 0.717) is 94.2 Å². The molecule has 1 unspecified atom stereocenters. The minimum Gasteiger partial charge on any atom is -0.378 e. The molecule has 360 valence electrons. The van der Waals surface area contributed by atoms with E-state index in [1.54, 1.807) is 28.5 Å². The number of unbranched alkanes of at least 4 members (excludes halogenated alkanes) is 1. The van der Waals surface area contributed by atoms with Crippen molar-refractivity contribution in [2.24, 2.45) is 4.99 Å². The Morgan fingerprint density at radius 3 is 2.20 bits per heavy atom. The average molecular weight is 953 g/mol. The predicted octanol–water partition coefficient (Wildman–Crippen LogP) is 6.25. The number of hydrogen-bond acceptors (Lipinski definition) is 13. The van der Waals surface area contributed by atoms with E-state index in [1.807, 2.05) is 47.4 Å². The van der Waals surface area contributed by atoms with Gasteiger partial charge in [-0.2, -0.15) is 0 Å². The zero-order valence-corrected chi connectivity index (χ0v) is 40.6. The van der Waals surface area contributed by atoms with Gasteiger partial charge in [-0.1, -0.05) is 43.1 Å². The highest BCUT2D eigenvalue weighted by Crippen LogP contribution is 2.39. The van der Waals surface area contributed by atoms with Crippen LogP contribution in [0.25, 0.3) is 0 Å². The Hall–Kier alpha value is -5.37. The third kappa shape index (κ3) is 17.8. The maximum absolute atomic E-state index is 12.8. The van der Waals surface area contributed by atoms with Crippen molar-refractivity contribution in [2.45, 2.75) is 86.2 Å². The first-order valence-electron chi connectivity index (χ1n) is 22.1. The topological polar surface area (TPSA) is 228 Å². The van der Waals surface area contributed by atoms with Crippen LogP contribution in [0.3, 0.4) is 0 Å². The van der Waals surface area contributed by atoms with Crippen LogP contribution in [0.4, 0.5) is 10.7 Å². The molecule has 3 aromatic rings. The summed E-state index contributed by atoms with van der Waals surface area (Å²) >= 11 is 7.61. The van der Waals surface area contributed by atoms with Crippen molar-refractivity contribution in [1.29, 1.82) is 10.8 Å². The molecule has 0 aliphatic carbocycles. The van der Waals surface area contributed by atoms with Crippen molar-refractivity contribution >= 4 is 81.6 Å². The summed E-state index contributed by atoms with van der Waals surface area (Å²) in [5.41, 5.74) is 6.39. The molecule has 5 amide bonds. The summed E-state index contributed by atoms with van der Waals surface area (Å²) in [4.78, 5) is 63.6. The monoisotopic (exact) mass is 951 g/mol. The molecule has 2 aliphatic heterocycles. The molecule has 0 saturated carbocycles. The molecule has 6 N–H and O–H groups in total. The van der Waals surface area contributed by atoms with Gasteiger partial charge in [0.25, 0.3) is 5.91 Å². The van der Waals surface area contributed by atoms with Crippen LogP contribution in [0.15, 0.2) is 47.5 Å². The quantitative estimate of drug-likeness (QED) is 0.0256. The lowest BCUT2D eigenvalue weighted by atomic mass is 10.00. The molecular weight excluding hydrogens is 886 g/mol. The first-order chi connectivity index (χ1) is 31.7. The number of carbonyl (C=O) groups excluding carboxylic acids is 5. The van der Waals surface area contributed by atoms with E-state index in [0.717, 1.165) is 77.4 Å². The van der Waals surface area contributed by atoms with E-state index in [4.69, 9.17) is 46.2 Å². The van der Waals surface area contributed by atoms with Crippen molar-refractivity contribution in [3.05, 3.63) is 80.2 Å². The van der Waals surface area contributed by atoms with Gasteiger partial charge in [0.05, 0.1) is 51.9 Å². The van der Waals surface area contributed by atoms with E-state index < -0.39 is 0 Å². The summed E-state index contributed by atoms with van der Waals surface area (Å²) in [5.74, 6) is 0.636. The van der Waals surface area contributed by atoms with Crippen molar-refractivity contribution in [3.63, 3.8) is 0 Å². The molecule has 2 aliphatic rings. The van der Waals surface area contributed by atoms with Crippen molar-refractivity contribution in [2.75, 3.05) is 76.0 Å². The first-order valence-corrected chi connectivity index (χ1v) is 23.3. The van der Waals surface area contributed by atoms with Gasteiger partial charge < -0.3 is 40.4 Å². The Kier molecular flexibility index (Phi) is 25.0. The summed E-state index contributed by atoms with van der Waals surface area (Å²) in [6.45, 7) is 17.5. The van der Waals surface area contributed by atoms with Crippen molar-refractivity contribution < 1.29 is 38.2 Å². The highest BCUT2D eigenvalue weighted by atomic mass is 35.5. The summed E-state index contributed by atoms with van der Waals surface area (Å²) in [6.07, 6.45) is 4.75. The molecule has 17 nitrogen and oxygen atoms in total. The molecule has 5 rings (SSSR count). The van der Waals surface area contributed by atoms with Gasteiger partial charge in [-0.15, -0.1) is 11.3 Å². The lowest BCUT2D eigenvalue weighted by molar-refractivity contribution is -0.119. The predicted molar refractivity (Wildman–Crippen MR) is 262 cm³/mol. The van der Waals surface area contributed by atoms with E-state index in [9.17, 15) is 14.4 Å². The average Bonchev–Trinajstić information content (AvgIpc) is 3.72. The van der Waals surface area contributed by atoms with Gasteiger partial charge >= 0.3 is 0 Å². The normalized spacial score (nSPS) is 13.2. The van der Waals surface area contributed by atoms with Gasteiger partial charge in [0.1, 0.15) is 16.7 Å². The molecule has 3 heterocycles. The van der Waals surface area contributed by atoms with E-state index in [2.05, 4.69) is 48.6 Å². The highest BCUT2D eigenvalue weighted by molar-refractivity contribution is 7.17. The number of thiophene rings is 1. The lowest BCUT2D eigenvalue weighted by Crippen LogP contribution is -2.35. The number of nitrogens with one attached hydrogen (secondary N) is 6.